The Hall–Kier alpha value is -1.39. The van der Waals surface area contributed by atoms with Crippen LogP contribution < -0.4 is 0 Å². The van der Waals surface area contributed by atoms with E-state index in [-0.39, 0.29) is 12.0 Å². The smallest absolute Gasteiger partial charge is 0.361 e. The van der Waals surface area contributed by atoms with Crippen LogP contribution in [0.15, 0.2) is 0 Å². The van der Waals surface area contributed by atoms with Gasteiger partial charge in [-0.15, -0.1) is 5.10 Å². The first-order valence-corrected chi connectivity index (χ1v) is 6.32. The standard InChI is InChI=1S/C13H23N3O2/c1-8(2)11-10(12(17)18-13(5,6)7)14-15-16(11)9(3)4/h8-9H,1-7H3. The van der Waals surface area contributed by atoms with Gasteiger partial charge in [0.05, 0.1) is 5.69 Å². The summed E-state index contributed by atoms with van der Waals surface area (Å²) >= 11 is 0. The van der Waals surface area contributed by atoms with Gasteiger partial charge in [-0.25, -0.2) is 9.48 Å². The van der Waals surface area contributed by atoms with Crippen LogP contribution >= 0.6 is 0 Å². The number of ether oxygens (including phenoxy) is 1. The fourth-order valence-electron chi connectivity index (χ4n) is 1.69. The molecule has 0 saturated heterocycles. The molecule has 0 amide bonds. The predicted molar refractivity (Wildman–Crippen MR) is 69.7 cm³/mol. The van der Waals surface area contributed by atoms with Crippen LogP contribution in [0.2, 0.25) is 0 Å². The SMILES string of the molecule is CC(C)c1c(C(=O)OC(C)(C)C)nnn1C(C)C. The highest BCUT2D eigenvalue weighted by molar-refractivity contribution is 5.88. The molecule has 1 aromatic heterocycles. The first-order valence-electron chi connectivity index (χ1n) is 6.32. The molecule has 0 aliphatic heterocycles. The summed E-state index contributed by atoms with van der Waals surface area (Å²) in [7, 11) is 0. The second kappa shape index (κ2) is 5.08. The summed E-state index contributed by atoms with van der Waals surface area (Å²) in [6.45, 7) is 13.6. The summed E-state index contributed by atoms with van der Waals surface area (Å²) in [4.78, 5) is 12.1. The van der Waals surface area contributed by atoms with Crippen LogP contribution in [-0.2, 0) is 4.74 Å². The molecule has 1 heterocycles. The molecule has 1 aromatic rings. The van der Waals surface area contributed by atoms with Crippen molar-refractivity contribution in [3.05, 3.63) is 11.4 Å². The number of nitrogens with zero attached hydrogens (tertiary/aromatic N) is 3. The normalized spacial score (nSPS) is 12.3. The molecule has 0 N–H and O–H groups in total. The van der Waals surface area contributed by atoms with Crippen LogP contribution in [0.25, 0.3) is 0 Å². The summed E-state index contributed by atoms with van der Waals surface area (Å²) < 4.78 is 7.13. The van der Waals surface area contributed by atoms with E-state index < -0.39 is 11.6 Å². The van der Waals surface area contributed by atoms with Crippen molar-refractivity contribution < 1.29 is 9.53 Å². The van der Waals surface area contributed by atoms with Crippen molar-refractivity contribution in [1.29, 1.82) is 0 Å². The van der Waals surface area contributed by atoms with E-state index in [1.54, 1.807) is 4.68 Å². The van der Waals surface area contributed by atoms with Crippen molar-refractivity contribution in [1.82, 2.24) is 15.0 Å². The van der Waals surface area contributed by atoms with Crippen molar-refractivity contribution in [3.8, 4) is 0 Å². The molecule has 0 fully saturated rings. The van der Waals surface area contributed by atoms with Crippen molar-refractivity contribution in [3.63, 3.8) is 0 Å². The van der Waals surface area contributed by atoms with Gasteiger partial charge in [0.1, 0.15) is 5.60 Å². The van der Waals surface area contributed by atoms with Gasteiger partial charge in [0.15, 0.2) is 5.69 Å². The second-order valence-corrected chi connectivity index (χ2v) is 6.02. The van der Waals surface area contributed by atoms with E-state index in [1.165, 1.54) is 0 Å². The average Bonchev–Trinajstić information content (AvgIpc) is 2.58. The van der Waals surface area contributed by atoms with Crippen LogP contribution in [0.4, 0.5) is 0 Å². The molecule has 1 rings (SSSR count). The molecule has 5 nitrogen and oxygen atoms in total. The topological polar surface area (TPSA) is 57.0 Å². The Kier molecular flexibility index (Phi) is 4.14. The Morgan fingerprint density at radius 1 is 1.22 bits per heavy atom. The van der Waals surface area contributed by atoms with Gasteiger partial charge in [-0.05, 0) is 40.5 Å². The van der Waals surface area contributed by atoms with Gasteiger partial charge in [-0.2, -0.15) is 0 Å². The predicted octanol–water partition coefficient (Wildman–Crippen LogP) is 2.94. The van der Waals surface area contributed by atoms with Gasteiger partial charge in [0.2, 0.25) is 0 Å². The highest BCUT2D eigenvalue weighted by atomic mass is 16.6. The molecule has 0 atom stereocenters. The summed E-state index contributed by atoms with van der Waals surface area (Å²) in [6.07, 6.45) is 0. The summed E-state index contributed by atoms with van der Waals surface area (Å²) in [5, 5.41) is 8.03. The molecular formula is C13H23N3O2. The summed E-state index contributed by atoms with van der Waals surface area (Å²) in [6, 6.07) is 0.172. The molecule has 0 aliphatic rings. The Morgan fingerprint density at radius 3 is 2.17 bits per heavy atom. The fourth-order valence-corrected chi connectivity index (χ4v) is 1.69. The largest absolute Gasteiger partial charge is 0.455 e. The van der Waals surface area contributed by atoms with Gasteiger partial charge in [0.25, 0.3) is 0 Å². The van der Waals surface area contributed by atoms with Crippen molar-refractivity contribution in [2.24, 2.45) is 0 Å². The van der Waals surface area contributed by atoms with E-state index in [0.29, 0.717) is 5.69 Å². The van der Waals surface area contributed by atoms with E-state index in [0.717, 1.165) is 5.69 Å². The first-order chi connectivity index (χ1) is 8.13. The minimum absolute atomic E-state index is 0.171. The van der Waals surface area contributed by atoms with Gasteiger partial charge >= 0.3 is 5.97 Å². The van der Waals surface area contributed by atoms with Gasteiger partial charge in [-0.1, -0.05) is 19.1 Å². The lowest BCUT2D eigenvalue weighted by molar-refractivity contribution is 0.00610. The monoisotopic (exact) mass is 253 g/mol. The number of carbonyl (C=O) groups is 1. The van der Waals surface area contributed by atoms with E-state index in [2.05, 4.69) is 10.3 Å². The third kappa shape index (κ3) is 3.31. The summed E-state index contributed by atoms with van der Waals surface area (Å²) in [5.74, 6) is -0.233. The van der Waals surface area contributed by atoms with Crippen molar-refractivity contribution in [2.45, 2.75) is 66.0 Å². The Bertz CT molecular complexity index is 428. The minimum atomic E-state index is -0.521. The highest BCUT2D eigenvalue weighted by Gasteiger charge is 2.27. The zero-order chi connectivity index (χ0) is 14.1. The number of hydrogen-bond acceptors (Lipinski definition) is 4. The second-order valence-electron chi connectivity index (χ2n) is 6.02. The van der Waals surface area contributed by atoms with Crippen molar-refractivity contribution in [2.75, 3.05) is 0 Å². The number of carbonyl (C=O) groups excluding carboxylic acids is 1. The van der Waals surface area contributed by atoms with E-state index in [4.69, 9.17) is 4.74 Å². The highest BCUT2D eigenvalue weighted by Crippen LogP contribution is 2.22. The zero-order valence-electron chi connectivity index (χ0n) is 12.3. The molecule has 102 valence electrons. The van der Waals surface area contributed by atoms with Crippen LogP contribution in [-0.4, -0.2) is 26.6 Å². The quantitative estimate of drug-likeness (QED) is 0.777. The molecule has 0 bridgehead atoms. The molecular weight excluding hydrogens is 230 g/mol. The zero-order valence-corrected chi connectivity index (χ0v) is 12.3. The third-order valence-corrected chi connectivity index (χ3v) is 2.36. The molecule has 0 aromatic carbocycles. The maximum atomic E-state index is 12.1. The molecule has 5 heteroatoms. The third-order valence-electron chi connectivity index (χ3n) is 2.36. The van der Waals surface area contributed by atoms with Crippen LogP contribution in [0.5, 0.6) is 0 Å². The van der Waals surface area contributed by atoms with Crippen LogP contribution in [0.3, 0.4) is 0 Å². The lowest BCUT2D eigenvalue weighted by Gasteiger charge is -2.19. The Labute approximate surface area is 109 Å². The number of rotatable bonds is 3. The molecule has 0 unspecified atom stereocenters. The molecule has 0 radical (unpaired) electrons. The van der Waals surface area contributed by atoms with Crippen molar-refractivity contribution >= 4 is 5.97 Å². The Balaban J connectivity index is 3.14. The summed E-state index contributed by atoms with van der Waals surface area (Å²) in [5.41, 5.74) is 0.639. The van der Waals surface area contributed by atoms with Gasteiger partial charge in [-0.3, -0.25) is 0 Å². The maximum Gasteiger partial charge on any atom is 0.361 e. The van der Waals surface area contributed by atoms with E-state index in [1.807, 2.05) is 48.5 Å². The lowest BCUT2D eigenvalue weighted by atomic mass is 10.1. The maximum absolute atomic E-state index is 12.1. The minimum Gasteiger partial charge on any atom is -0.455 e. The van der Waals surface area contributed by atoms with Gasteiger partial charge in [0, 0.05) is 6.04 Å². The fraction of sp³-hybridized carbons (Fsp3) is 0.769. The number of hydrogen-bond donors (Lipinski definition) is 0. The van der Waals surface area contributed by atoms with E-state index in [9.17, 15) is 4.79 Å². The number of esters is 1. The average molecular weight is 253 g/mol. The lowest BCUT2D eigenvalue weighted by Crippen LogP contribution is -2.25. The van der Waals surface area contributed by atoms with Crippen LogP contribution in [0, 0.1) is 0 Å². The van der Waals surface area contributed by atoms with E-state index >= 15 is 0 Å². The number of aromatic nitrogens is 3. The molecule has 0 spiro atoms. The Morgan fingerprint density at radius 2 is 1.78 bits per heavy atom. The van der Waals surface area contributed by atoms with Gasteiger partial charge < -0.3 is 4.74 Å². The molecule has 0 saturated carbocycles. The van der Waals surface area contributed by atoms with Crippen LogP contribution in [0.1, 0.15) is 76.6 Å². The molecule has 18 heavy (non-hydrogen) atoms. The molecule has 0 aliphatic carbocycles. The first kappa shape index (κ1) is 14.7.